The second-order valence-electron chi connectivity index (χ2n) is 5.72. The molecule has 1 aromatic rings. The molecule has 20 heavy (non-hydrogen) atoms. The molecular formula is C15H27N3O2. The number of nitrogens with one attached hydrogen (secondary N) is 1. The average molecular weight is 281 g/mol. The van der Waals surface area contributed by atoms with Crippen LogP contribution in [0.15, 0.2) is 6.07 Å². The van der Waals surface area contributed by atoms with Crippen LogP contribution in [0.4, 0.5) is 5.82 Å². The zero-order valence-corrected chi connectivity index (χ0v) is 13.3. The van der Waals surface area contributed by atoms with Gasteiger partial charge < -0.3 is 14.8 Å². The summed E-state index contributed by atoms with van der Waals surface area (Å²) in [6, 6.07) is 1.85. The summed E-state index contributed by atoms with van der Waals surface area (Å²) in [7, 11) is 1.66. The molecule has 0 aliphatic rings. The largest absolute Gasteiger partial charge is 0.475 e. The molecule has 0 spiro atoms. The van der Waals surface area contributed by atoms with Crippen LogP contribution < -0.4 is 10.1 Å². The Morgan fingerprint density at radius 1 is 1.10 bits per heavy atom. The van der Waals surface area contributed by atoms with E-state index in [2.05, 4.69) is 43.0 Å². The molecule has 1 aromatic heterocycles. The van der Waals surface area contributed by atoms with E-state index in [0.29, 0.717) is 30.9 Å². The second kappa shape index (κ2) is 8.74. The zero-order chi connectivity index (χ0) is 15.0. The Bertz CT molecular complexity index is 395. The highest BCUT2D eigenvalue weighted by Crippen LogP contribution is 2.16. The van der Waals surface area contributed by atoms with Crippen LogP contribution in [0.25, 0.3) is 0 Å². The highest BCUT2D eigenvalue weighted by Gasteiger charge is 2.08. The first kappa shape index (κ1) is 16.7. The van der Waals surface area contributed by atoms with E-state index in [-0.39, 0.29) is 0 Å². The maximum Gasteiger partial charge on any atom is 0.218 e. The fraction of sp³-hybridized carbons (Fsp3) is 0.733. The fourth-order valence-electron chi connectivity index (χ4n) is 1.63. The van der Waals surface area contributed by atoms with E-state index in [1.54, 1.807) is 7.11 Å². The summed E-state index contributed by atoms with van der Waals surface area (Å²) < 4.78 is 10.6. The number of rotatable bonds is 9. The summed E-state index contributed by atoms with van der Waals surface area (Å²) >= 11 is 0. The lowest BCUT2D eigenvalue weighted by Crippen LogP contribution is -2.13. The first-order valence-electron chi connectivity index (χ1n) is 7.24. The van der Waals surface area contributed by atoms with E-state index in [1.807, 2.05) is 6.07 Å². The van der Waals surface area contributed by atoms with E-state index < -0.39 is 0 Å². The van der Waals surface area contributed by atoms with Gasteiger partial charge in [-0.3, -0.25) is 0 Å². The van der Waals surface area contributed by atoms with Gasteiger partial charge in [-0.2, -0.15) is 4.98 Å². The summed E-state index contributed by atoms with van der Waals surface area (Å²) in [6.07, 6.45) is 0.845. The molecule has 0 atom stereocenters. The summed E-state index contributed by atoms with van der Waals surface area (Å²) in [5.41, 5.74) is 0. The van der Waals surface area contributed by atoms with Crippen molar-refractivity contribution >= 4 is 5.82 Å². The predicted molar refractivity (Wildman–Crippen MR) is 81.3 cm³/mol. The molecule has 5 nitrogen and oxygen atoms in total. The Balaban J connectivity index is 2.77. The van der Waals surface area contributed by atoms with Crippen LogP contribution in [0.2, 0.25) is 0 Å². The number of anilines is 1. The smallest absolute Gasteiger partial charge is 0.218 e. The van der Waals surface area contributed by atoms with Gasteiger partial charge in [0, 0.05) is 26.1 Å². The minimum Gasteiger partial charge on any atom is -0.475 e. The highest BCUT2D eigenvalue weighted by atomic mass is 16.5. The molecule has 0 aromatic carbocycles. The van der Waals surface area contributed by atoms with Crippen molar-refractivity contribution in [2.24, 2.45) is 11.8 Å². The van der Waals surface area contributed by atoms with Gasteiger partial charge in [0.25, 0.3) is 0 Å². The van der Waals surface area contributed by atoms with E-state index >= 15 is 0 Å². The molecule has 0 amide bonds. The van der Waals surface area contributed by atoms with Crippen LogP contribution in [0, 0.1) is 11.8 Å². The number of methoxy groups -OCH3 is 1. The first-order valence-corrected chi connectivity index (χ1v) is 7.24. The normalized spacial score (nSPS) is 11.2. The Morgan fingerprint density at radius 3 is 2.45 bits per heavy atom. The van der Waals surface area contributed by atoms with Gasteiger partial charge in [-0.15, -0.1) is 0 Å². The fourth-order valence-corrected chi connectivity index (χ4v) is 1.63. The number of hydrogen-bond acceptors (Lipinski definition) is 5. The number of hydrogen-bond donors (Lipinski definition) is 1. The molecule has 0 saturated carbocycles. The molecule has 1 rings (SSSR count). The third kappa shape index (κ3) is 6.70. The van der Waals surface area contributed by atoms with Gasteiger partial charge in [-0.1, -0.05) is 27.7 Å². The van der Waals surface area contributed by atoms with Gasteiger partial charge in [0.15, 0.2) is 0 Å². The van der Waals surface area contributed by atoms with Crippen molar-refractivity contribution in [1.29, 1.82) is 0 Å². The predicted octanol–water partition coefficient (Wildman–Crippen LogP) is 2.77. The summed E-state index contributed by atoms with van der Waals surface area (Å²) in [5.74, 6) is 3.34. The van der Waals surface area contributed by atoms with Crippen molar-refractivity contribution in [3.63, 3.8) is 0 Å². The van der Waals surface area contributed by atoms with Crippen LogP contribution in [0.5, 0.6) is 5.88 Å². The van der Waals surface area contributed by atoms with E-state index in [0.717, 1.165) is 24.6 Å². The third-order valence-corrected chi connectivity index (χ3v) is 2.57. The topological polar surface area (TPSA) is 56.3 Å². The molecular weight excluding hydrogens is 254 g/mol. The molecule has 0 radical (unpaired) electrons. The minimum atomic E-state index is 0.498. The van der Waals surface area contributed by atoms with Gasteiger partial charge in [0.05, 0.1) is 6.61 Å². The van der Waals surface area contributed by atoms with Crippen LogP contribution in [0.3, 0.4) is 0 Å². The lowest BCUT2D eigenvalue weighted by molar-refractivity contribution is 0.143. The first-order chi connectivity index (χ1) is 9.51. The molecule has 114 valence electrons. The Kier molecular flexibility index (Phi) is 7.30. The molecule has 0 aliphatic carbocycles. The second-order valence-corrected chi connectivity index (χ2v) is 5.72. The van der Waals surface area contributed by atoms with Crippen molar-refractivity contribution in [2.75, 3.05) is 32.2 Å². The van der Waals surface area contributed by atoms with Crippen LogP contribution in [-0.4, -0.2) is 36.8 Å². The maximum atomic E-state index is 5.60. The molecule has 0 saturated heterocycles. The average Bonchev–Trinajstić information content (AvgIpc) is 2.36. The molecule has 0 bridgehead atoms. The van der Waals surface area contributed by atoms with Crippen LogP contribution >= 0.6 is 0 Å². The van der Waals surface area contributed by atoms with Crippen molar-refractivity contribution in [1.82, 2.24) is 9.97 Å². The van der Waals surface area contributed by atoms with E-state index in [9.17, 15) is 0 Å². The molecule has 0 fully saturated rings. The third-order valence-electron chi connectivity index (χ3n) is 2.57. The van der Waals surface area contributed by atoms with Gasteiger partial charge in [-0.05, 0) is 11.8 Å². The highest BCUT2D eigenvalue weighted by molar-refractivity contribution is 5.38. The summed E-state index contributed by atoms with van der Waals surface area (Å²) in [4.78, 5) is 8.98. The van der Waals surface area contributed by atoms with Crippen molar-refractivity contribution in [3.05, 3.63) is 11.9 Å². The molecule has 0 aliphatic heterocycles. The Labute approximate surface area is 122 Å². The minimum absolute atomic E-state index is 0.498. The Hall–Kier alpha value is -1.36. The maximum absolute atomic E-state index is 5.60. The van der Waals surface area contributed by atoms with Crippen molar-refractivity contribution in [3.8, 4) is 5.88 Å². The van der Waals surface area contributed by atoms with Crippen LogP contribution in [0.1, 0.15) is 33.5 Å². The standard InChI is InChI=1S/C15H27N3O2/c1-11(2)8-14-17-13(16-10-12(3)4)9-15(18-14)20-7-6-19-5/h9,11-12H,6-8,10H2,1-5H3,(H,16,17,18). The lowest BCUT2D eigenvalue weighted by atomic mass is 10.1. The van der Waals surface area contributed by atoms with Gasteiger partial charge in [0.2, 0.25) is 5.88 Å². The SMILES string of the molecule is COCCOc1cc(NCC(C)C)nc(CC(C)C)n1. The molecule has 5 heteroatoms. The summed E-state index contributed by atoms with van der Waals surface area (Å²) in [5, 5.41) is 3.33. The van der Waals surface area contributed by atoms with Crippen molar-refractivity contribution in [2.45, 2.75) is 34.1 Å². The molecule has 1 heterocycles. The summed E-state index contributed by atoms with van der Waals surface area (Å²) in [6.45, 7) is 10.6. The number of nitrogens with zero attached hydrogens (tertiary/aromatic N) is 2. The molecule has 1 N–H and O–H groups in total. The Morgan fingerprint density at radius 2 is 1.85 bits per heavy atom. The number of ether oxygens (including phenoxy) is 2. The monoisotopic (exact) mass is 281 g/mol. The zero-order valence-electron chi connectivity index (χ0n) is 13.3. The van der Waals surface area contributed by atoms with Gasteiger partial charge in [0.1, 0.15) is 18.2 Å². The quantitative estimate of drug-likeness (QED) is 0.705. The van der Waals surface area contributed by atoms with Crippen molar-refractivity contribution < 1.29 is 9.47 Å². The van der Waals surface area contributed by atoms with Crippen LogP contribution in [-0.2, 0) is 11.2 Å². The lowest BCUT2D eigenvalue weighted by Gasteiger charge is -2.13. The van der Waals surface area contributed by atoms with Gasteiger partial charge in [-0.25, -0.2) is 4.98 Å². The van der Waals surface area contributed by atoms with Gasteiger partial charge >= 0.3 is 0 Å². The van der Waals surface area contributed by atoms with E-state index in [4.69, 9.17) is 9.47 Å². The van der Waals surface area contributed by atoms with E-state index in [1.165, 1.54) is 0 Å². The molecule has 0 unspecified atom stereocenters. The number of aromatic nitrogens is 2.